The van der Waals surface area contributed by atoms with E-state index >= 15 is 0 Å². The van der Waals surface area contributed by atoms with Crippen LogP contribution in [0.15, 0.2) is 71.8 Å². The van der Waals surface area contributed by atoms with E-state index < -0.39 is 0 Å². The maximum atomic E-state index is 12.0. The van der Waals surface area contributed by atoms with E-state index in [2.05, 4.69) is 40.1 Å². The molecular weight excluding hydrogens is 310 g/mol. The molecule has 126 valence electrons. The van der Waals surface area contributed by atoms with Crippen molar-refractivity contribution in [1.29, 1.82) is 0 Å². The zero-order valence-electron chi connectivity index (χ0n) is 14.4. The Morgan fingerprint density at radius 3 is 2.44 bits per heavy atom. The van der Waals surface area contributed by atoms with Crippen molar-refractivity contribution in [3.63, 3.8) is 0 Å². The molecule has 4 heteroatoms. The van der Waals surface area contributed by atoms with Crippen molar-refractivity contribution in [1.82, 2.24) is 5.43 Å². The topological polar surface area (TPSA) is 53.5 Å². The molecule has 0 fully saturated rings. The van der Waals surface area contributed by atoms with E-state index in [1.165, 1.54) is 10.9 Å². The number of nitrogens with one attached hydrogen (secondary N) is 2. The van der Waals surface area contributed by atoms with Crippen molar-refractivity contribution in [2.24, 2.45) is 5.10 Å². The molecule has 25 heavy (non-hydrogen) atoms. The Morgan fingerprint density at radius 1 is 0.960 bits per heavy atom. The van der Waals surface area contributed by atoms with E-state index in [9.17, 15) is 4.79 Å². The molecule has 0 aliphatic carbocycles. The minimum Gasteiger partial charge on any atom is -0.376 e. The lowest BCUT2D eigenvalue weighted by molar-refractivity contribution is -0.119. The zero-order valence-corrected chi connectivity index (χ0v) is 14.4. The second-order valence-electron chi connectivity index (χ2n) is 6.01. The molecule has 3 aromatic carbocycles. The number of anilines is 1. The van der Waals surface area contributed by atoms with Gasteiger partial charge in [0.2, 0.25) is 0 Å². The Balaban J connectivity index is 1.59. The second-order valence-corrected chi connectivity index (χ2v) is 6.01. The fraction of sp³-hybridized carbons (Fsp3) is 0.143. The predicted molar refractivity (Wildman–Crippen MR) is 104 cm³/mol. The quantitative estimate of drug-likeness (QED) is 0.546. The molecule has 0 aliphatic heterocycles. The maximum Gasteiger partial charge on any atom is 0.259 e. The van der Waals surface area contributed by atoms with E-state index in [1.807, 2.05) is 56.3 Å². The van der Waals surface area contributed by atoms with Gasteiger partial charge in [0.05, 0.1) is 12.3 Å². The lowest BCUT2D eigenvalue weighted by Crippen LogP contribution is -2.26. The van der Waals surface area contributed by atoms with Crippen LogP contribution in [0.25, 0.3) is 10.8 Å². The smallest absolute Gasteiger partial charge is 0.259 e. The van der Waals surface area contributed by atoms with Crippen LogP contribution < -0.4 is 10.7 Å². The first-order chi connectivity index (χ1) is 12.1. The van der Waals surface area contributed by atoms with Crippen molar-refractivity contribution in [2.45, 2.75) is 13.8 Å². The lowest BCUT2D eigenvalue weighted by atomic mass is 10.0. The van der Waals surface area contributed by atoms with Crippen LogP contribution >= 0.6 is 0 Å². The summed E-state index contributed by atoms with van der Waals surface area (Å²) in [6.45, 7) is 4.09. The van der Waals surface area contributed by atoms with Gasteiger partial charge in [-0.2, -0.15) is 5.10 Å². The molecule has 0 spiro atoms. The van der Waals surface area contributed by atoms with Crippen LogP contribution in [0.1, 0.15) is 18.1 Å². The lowest BCUT2D eigenvalue weighted by Gasteiger charge is -2.07. The van der Waals surface area contributed by atoms with Gasteiger partial charge in [-0.05, 0) is 48.4 Å². The molecule has 2 N–H and O–H groups in total. The molecule has 4 nitrogen and oxygen atoms in total. The van der Waals surface area contributed by atoms with Crippen molar-refractivity contribution in [3.05, 3.63) is 77.9 Å². The number of carbonyl (C=O) groups excluding carboxylic acids is 1. The minimum absolute atomic E-state index is 0.178. The standard InChI is InChI=1S/C21H21N3O/c1-15-7-11-20(12-8-15)22-14-21(25)24-23-16(2)18-10-9-17-5-3-4-6-19(17)13-18/h3-13,22H,14H2,1-2H3,(H,24,25)/b23-16-. The minimum atomic E-state index is -0.180. The first-order valence-electron chi connectivity index (χ1n) is 8.25. The summed E-state index contributed by atoms with van der Waals surface area (Å²) >= 11 is 0. The molecule has 0 heterocycles. The molecule has 0 aromatic heterocycles. The van der Waals surface area contributed by atoms with Gasteiger partial charge in [-0.15, -0.1) is 0 Å². The van der Waals surface area contributed by atoms with Crippen LogP contribution in [-0.4, -0.2) is 18.2 Å². The normalized spacial score (nSPS) is 11.4. The summed E-state index contributed by atoms with van der Waals surface area (Å²) in [5.74, 6) is -0.180. The Bertz CT molecular complexity index is 914. The van der Waals surface area contributed by atoms with E-state index in [4.69, 9.17) is 0 Å². The molecule has 0 saturated carbocycles. The highest BCUT2D eigenvalue weighted by atomic mass is 16.2. The molecule has 1 amide bonds. The number of hydrogen-bond donors (Lipinski definition) is 2. The third kappa shape index (κ3) is 4.44. The number of hydrogen-bond acceptors (Lipinski definition) is 3. The Labute approximate surface area is 147 Å². The highest BCUT2D eigenvalue weighted by Gasteiger charge is 2.03. The predicted octanol–water partition coefficient (Wildman–Crippen LogP) is 4.10. The van der Waals surface area contributed by atoms with Crippen LogP contribution in [0.3, 0.4) is 0 Å². The largest absolute Gasteiger partial charge is 0.376 e. The monoisotopic (exact) mass is 331 g/mol. The summed E-state index contributed by atoms with van der Waals surface area (Å²) in [7, 11) is 0. The molecule has 0 atom stereocenters. The number of aryl methyl sites for hydroxylation is 1. The number of fused-ring (bicyclic) bond motifs is 1. The third-order valence-electron chi connectivity index (χ3n) is 4.02. The van der Waals surface area contributed by atoms with Gasteiger partial charge in [0.15, 0.2) is 0 Å². The van der Waals surface area contributed by atoms with Crippen LogP contribution in [0.4, 0.5) is 5.69 Å². The molecule has 0 unspecified atom stereocenters. The number of carbonyl (C=O) groups is 1. The first-order valence-corrected chi connectivity index (χ1v) is 8.25. The van der Waals surface area contributed by atoms with Crippen LogP contribution in [0, 0.1) is 6.92 Å². The van der Waals surface area contributed by atoms with Gasteiger partial charge in [0.25, 0.3) is 5.91 Å². The molecule has 0 radical (unpaired) electrons. The Morgan fingerprint density at radius 2 is 1.68 bits per heavy atom. The highest BCUT2D eigenvalue weighted by Crippen LogP contribution is 2.16. The van der Waals surface area contributed by atoms with Gasteiger partial charge in [-0.25, -0.2) is 5.43 Å². The zero-order chi connectivity index (χ0) is 17.6. The SMILES string of the molecule is C/C(=N/NC(=O)CNc1ccc(C)cc1)c1ccc2ccccc2c1. The average Bonchev–Trinajstić information content (AvgIpc) is 2.65. The Hall–Kier alpha value is -3.14. The van der Waals surface area contributed by atoms with E-state index in [0.717, 1.165) is 22.3 Å². The second kappa shape index (κ2) is 7.62. The van der Waals surface area contributed by atoms with Gasteiger partial charge < -0.3 is 5.32 Å². The number of benzene rings is 3. The van der Waals surface area contributed by atoms with Crippen molar-refractivity contribution in [2.75, 3.05) is 11.9 Å². The fourth-order valence-electron chi connectivity index (χ4n) is 2.52. The molecule has 0 bridgehead atoms. The van der Waals surface area contributed by atoms with E-state index in [1.54, 1.807) is 0 Å². The van der Waals surface area contributed by atoms with Crippen LogP contribution in [0.5, 0.6) is 0 Å². The third-order valence-corrected chi connectivity index (χ3v) is 4.02. The van der Waals surface area contributed by atoms with E-state index in [0.29, 0.717) is 0 Å². The van der Waals surface area contributed by atoms with Crippen molar-refractivity contribution < 1.29 is 4.79 Å². The van der Waals surface area contributed by atoms with Crippen LogP contribution in [0.2, 0.25) is 0 Å². The number of nitrogens with zero attached hydrogens (tertiary/aromatic N) is 1. The number of rotatable bonds is 5. The molecular formula is C21H21N3O. The van der Waals surface area contributed by atoms with E-state index in [-0.39, 0.29) is 12.5 Å². The molecule has 0 saturated heterocycles. The van der Waals surface area contributed by atoms with Crippen molar-refractivity contribution >= 4 is 28.1 Å². The average molecular weight is 331 g/mol. The summed E-state index contributed by atoms with van der Waals surface area (Å²) in [6.07, 6.45) is 0. The molecule has 3 aromatic rings. The first kappa shape index (κ1) is 16.7. The maximum absolute atomic E-state index is 12.0. The Kier molecular flexibility index (Phi) is 5.09. The van der Waals surface area contributed by atoms with Crippen molar-refractivity contribution in [3.8, 4) is 0 Å². The van der Waals surface area contributed by atoms with Gasteiger partial charge >= 0.3 is 0 Å². The van der Waals surface area contributed by atoms with Gasteiger partial charge in [0, 0.05) is 5.69 Å². The highest BCUT2D eigenvalue weighted by molar-refractivity contribution is 6.02. The number of hydrazone groups is 1. The fourth-order valence-corrected chi connectivity index (χ4v) is 2.52. The van der Waals surface area contributed by atoms with Gasteiger partial charge in [-0.1, -0.05) is 54.1 Å². The molecule has 3 rings (SSSR count). The van der Waals surface area contributed by atoms with Gasteiger partial charge in [-0.3, -0.25) is 4.79 Å². The number of amides is 1. The van der Waals surface area contributed by atoms with Crippen LogP contribution in [-0.2, 0) is 4.79 Å². The molecule has 0 aliphatic rings. The summed E-state index contributed by atoms with van der Waals surface area (Å²) in [6, 6.07) is 22.2. The summed E-state index contributed by atoms with van der Waals surface area (Å²) < 4.78 is 0. The summed E-state index contributed by atoms with van der Waals surface area (Å²) in [5, 5.41) is 9.62. The summed E-state index contributed by atoms with van der Waals surface area (Å²) in [4.78, 5) is 12.0. The van der Waals surface area contributed by atoms with Gasteiger partial charge in [0.1, 0.15) is 0 Å². The summed E-state index contributed by atoms with van der Waals surface area (Å²) in [5.41, 5.74) is 6.46.